The maximum absolute atomic E-state index is 12.7. The second-order valence-electron chi connectivity index (χ2n) is 6.09. The molecule has 0 aromatic carbocycles. The Bertz CT molecular complexity index is 979. The van der Waals surface area contributed by atoms with Crippen LogP contribution in [0.25, 0.3) is 0 Å². The van der Waals surface area contributed by atoms with E-state index in [0.717, 1.165) is 16.2 Å². The molecule has 2 aliphatic heterocycles. The van der Waals surface area contributed by atoms with E-state index in [1.54, 1.807) is 0 Å². The monoisotopic (exact) mass is 478 g/mol. The molecule has 0 aliphatic carbocycles. The number of oxime groups is 1. The van der Waals surface area contributed by atoms with Crippen molar-refractivity contribution in [3.63, 3.8) is 0 Å². The molecule has 0 spiro atoms. The van der Waals surface area contributed by atoms with Gasteiger partial charge in [0.25, 0.3) is 11.8 Å². The molecule has 1 aromatic heterocycles. The fraction of sp³-hybridized carbons (Fsp3) is 0.375. The Morgan fingerprint density at radius 3 is 2.71 bits per heavy atom. The van der Waals surface area contributed by atoms with Gasteiger partial charge in [0.1, 0.15) is 36.5 Å². The number of hydrogen-bond acceptors (Lipinski definition) is 11. The number of thioether (sulfide) groups is 1. The number of carbonyl (C=O) groups is 4. The minimum absolute atomic E-state index is 0. The number of thiazole rings is 1. The van der Waals surface area contributed by atoms with Crippen LogP contribution in [0.15, 0.2) is 21.8 Å². The van der Waals surface area contributed by atoms with E-state index in [0.29, 0.717) is 5.57 Å². The molecule has 1 saturated heterocycles. The van der Waals surface area contributed by atoms with Crippen molar-refractivity contribution >= 4 is 87.3 Å². The molecule has 31 heavy (non-hydrogen) atoms. The summed E-state index contributed by atoms with van der Waals surface area (Å²) in [5, 5.41) is 16.9. The predicted octanol–water partition coefficient (Wildman–Crippen LogP) is -1.00. The first-order valence-electron chi connectivity index (χ1n) is 8.41. The zero-order chi connectivity index (χ0) is 22.0. The summed E-state index contributed by atoms with van der Waals surface area (Å²) in [4.78, 5) is 57.8. The van der Waals surface area contributed by atoms with Gasteiger partial charge in [-0.15, -0.1) is 23.1 Å². The molecule has 0 bridgehead atoms. The van der Waals surface area contributed by atoms with E-state index >= 15 is 0 Å². The first-order chi connectivity index (χ1) is 14.2. The normalized spacial score (nSPS) is 20.3. The van der Waals surface area contributed by atoms with E-state index in [1.807, 2.05) is 0 Å². The van der Waals surface area contributed by atoms with Crippen LogP contribution in [0.5, 0.6) is 0 Å². The van der Waals surface area contributed by atoms with E-state index < -0.39 is 35.2 Å². The van der Waals surface area contributed by atoms with Crippen molar-refractivity contribution < 1.29 is 33.9 Å². The summed E-state index contributed by atoms with van der Waals surface area (Å²) in [5.74, 6) is -2.98. The Morgan fingerprint density at radius 2 is 2.16 bits per heavy atom. The van der Waals surface area contributed by atoms with Gasteiger partial charge in [0.05, 0.1) is 0 Å². The number of rotatable bonds is 7. The maximum atomic E-state index is 12.7. The van der Waals surface area contributed by atoms with Crippen LogP contribution in [0, 0.1) is 0 Å². The van der Waals surface area contributed by atoms with Crippen molar-refractivity contribution in [2.45, 2.75) is 18.3 Å². The smallest absolute Gasteiger partial charge is 0.352 e. The molecule has 2 amide bonds. The number of carboxylic acids is 1. The molecule has 2 atom stereocenters. The fourth-order valence-electron chi connectivity index (χ4n) is 2.88. The minimum atomic E-state index is -1.32. The van der Waals surface area contributed by atoms with Gasteiger partial charge < -0.3 is 25.7 Å². The number of ether oxygens (including phenoxy) is 1. The Morgan fingerprint density at radius 1 is 1.45 bits per heavy atom. The van der Waals surface area contributed by atoms with Crippen LogP contribution in [0.4, 0.5) is 5.13 Å². The number of anilines is 1. The molecule has 12 nitrogen and oxygen atoms in total. The van der Waals surface area contributed by atoms with Crippen molar-refractivity contribution in [1.29, 1.82) is 0 Å². The van der Waals surface area contributed by atoms with Crippen LogP contribution < -0.4 is 11.1 Å². The Kier molecular flexibility index (Phi) is 8.48. The van der Waals surface area contributed by atoms with Gasteiger partial charge >= 0.3 is 11.9 Å². The van der Waals surface area contributed by atoms with Gasteiger partial charge in [0.15, 0.2) is 10.8 Å². The quantitative estimate of drug-likeness (QED) is 0.145. The second kappa shape index (κ2) is 10.5. The average molecular weight is 478 g/mol. The Hall–Kier alpha value is -2.13. The van der Waals surface area contributed by atoms with Crippen molar-refractivity contribution in [2.75, 3.05) is 25.2 Å². The van der Waals surface area contributed by atoms with Crippen LogP contribution in [0.3, 0.4) is 0 Å². The van der Waals surface area contributed by atoms with Gasteiger partial charge in [0, 0.05) is 53.2 Å². The summed E-state index contributed by atoms with van der Waals surface area (Å²) in [6.07, 6.45) is 0. The minimum Gasteiger partial charge on any atom is -0.477 e. The van der Waals surface area contributed by atoms with E-state index in [2.05, 4.69) is 20.3 Å². The van der Waals surface area contributed by atoms with Gasteiger partial charge in [-0.2, -0.15) is 0 Å². The number of fused-ring (bicyclic) bond motifs is 1. The van der Waals surface area contributed by atoms with Crippen molar-refractivity contribution in [3.05, 3.63) is 22.3 Å². The average Bonchev–Trinajstić information content (AvgIpc) is 3.13. The SMILES string of the molecule is CON=C(C(=O)NC1C(=O)N2C(C(=O)O)=C(COC(C)=O)CSC12)c1csc(N)n1.[Na]. The van der Waals surface area contributed by atoms with E-state index in [9.17, 15) is 24.3 Å². The molecule has 3 heterocycles. The van der Waals surface area contributed by atoms with Crippen LogP contribution >= 0.6 is 23.1 Å². The molecular formula is C16H17N5NaO7S2. The third-order valence-electron chi connectivity index (χ3n) is 4.15. The van der Waals surface area contributed by atoms with Gasteiger partial charge in [-0.25, -0.2) is 9.78 Å². The molecule has 2 unspecified atom stereocenters. The summed E-state index contributed by atoms with van der Waals surface area (Å²) in [5.41, 5.74) is 5.67. The summed E-state index contributed by atoms with van der Waals surface area (Å²) in [7, 11) is 1.25. The molecule has 15 heteroatoms. The number of nitrogens with two attached hydrogens (primary N) is 1. The second-order valence-corrected chi connectivity index (χ2v) is 8.09. The third kappa shape index (κ3) is 5.20. The number of aromatic nitrogens is 1. The summed E-state index contributed by atoms with van der Waals surface area (Å²) in [6.45, 7) is 0.975. The molecule has 0 saturated carbocycles. The maximum Gasteiger partial charge on any atom is 0.352 e. The van der Waals surface area contributed by atoms with Crippen molar-refractivity contribution in [2.24, 2.45) is 5.16 Å². The number of carbonyl (C=O) groups excluding carboxylic acids is 3. The van der Waals surface area contributed by atoms with Crippen molar-refractivity contribution in [3.8, 4) is 0 Å². The molecule has 1 radical (unpaired) electrons. The predicted molar refractivity (Wildman–Crippen MR) is 112 cm³/mol. The number of aliphatic carboxylic acids is 1. The number of nitrogens with zero attached hydrogens (tertiary/aromatic N) is 3. The van der Waals surface area contributed by atoms with Crippen LogP contribution in [0.2, 0.25) is 0 Å². The molecule has 161 valence electrons. The van der Waals surface area contributed by atoms with Crippen LogP contribution in [-0.4, -0.2) is 105 Å². The number of β-lactam (4-membered cyclic amide) rings is 1. The number of carboxylic acid groups (broad SMARTS) is 1. The Balaban J connectivity index is 0.00000341. The van der Waals surface area contributed by atoms with Gasteiger partial charge in [-0.1, -0.05) is 5.16 Å². The number of nitrogen functional groups attached to an aromatic ring is 1. The standard InChI is InChI=1S/C16H17N5O7S2.Na/c1-6(22)28-3-7-4-29-14-10(13(24)21(14)11(7)15(25)26)19-12(23)9(20-27-2)8-5-30-16(17)18-8;/h5,10,14H,3-4H2,1-2H3,(H2,17,18)(H,19,23)(H,25,26);. The molecule has 1 fully saturated rings. The Labute approximate surface area is 206 Å². The summed E-state index contributed by atoms with van der Waals surface area (Å²) < 4.78 is 4.88. The topological polar surface area (TPSA) is 174 Å². The van der Waals surface area contributed by atoms with E-state index in [4.69, 9.17) is 10.5 Å². The van der Waals surface area contributed by atoms with Crippen LogP contribution in [-0.2, 0) is 28.8 Å². The number of amides is 2. The van der Waals surface area contributed by atoms with E-state index in [-0.39, 0.29) is 64.2 Å². The summed E-state index contributed by atoms with van der Waals surface area (Å²) in [6, 6.07) is -0.967. The van der Waals surface area contributed by atoms with Gasteiger partial charge in [-0.3, -0.25) is 19.3 Å². The van der Waals surface area contributed by atoms with Gasteiger partial charge in [-0.05, 0) is 0 Å². The molecule has 2 aliphatic rings. The molecule has 4 N–H and O–H groups in total. The molecule has 3 rings (SSSR count). The molecule has 1 aromatic rings. The van der Waals surface area contributed by atoms with E-state index in [1.165, 1.54) is 31.2 Å². The van der Waals surface area contributed by atoms with Crippen LogP contribution in [0.1, 0.15) is 12.6 Å². The summed E-state index contributed by atoms with van der Waals surface area (Å²) >= 11 is 2.35. The number of nitrogens with one attached hydrogen (secondary N) is 1. The zero-order valence-electron chi connectivity index (χ0n) is 16.8. The molecular weight excluding hydrogens is 461 g/mol. The third-order valence-corrected chi connectivity index (χ3v) is 6.16. The first-order valence-corrected chi connectivity index (χ1v) is 10.3. The van der Waals surface area contributed by atoms with Gasteiger partial charge in [0.2, 0.25) is 0 Å². The zero-order valence-corrected chi connectivity index (χ0v) is 20.4. The van der Waals surface area contributed by atoms with Crippen molar-refractivity contribution in [1.82, 2.24) is 15.2 Å². The first kappa shape index (κ1) is 25.1. The number of hydrogen-bond donors (Lipinski definition) is 3. The number of esters is 1. The largest absolute Gasteiger partial charge is 0.477 e. The fourth-order valence-corrected chi connectivity index (χ4v) is 4.76.